The predicted molar refractivity (Wildman–Crippen MR) is 112 cm³/mol. The molecule has 0 spiro atoms. The van der Waals surface area contributed by atoms with Gasteiger partial charge in [-0.25, -0.2) is 0 Å². The lowest BCUT2D eigenvalue weighted by atomic mass is 10.1. The van der Waals surface area contributed by atoms with Crippen molar-refractivity contribution in [1.29, 1.82) is 0 Å². The number of para-hydroxylation sites is 2. The molecule has 1 aromatic heterocycles. The third-order valence-corrected chi connectivity index (χ3v) is 5.52. The van der Waals surface area contributed by atoms with Crippen LogP contribution >= 0.6 is 11.6 Å². The molecule has 1 heterocycles. The van der Waals surface area contributed by atoms with Crippen LogP contribution in [0, 0.1) is 13.8 Å². The smallest absolute Gasteiger partial charge is 0.120 e. The van der Waals surface area contributed by atoms with Crippen LogP contribution in [0.3, 0.4) is 0 Å². The van der Waals surface area contributed by atoms with Gasteiger partial charge in [0.15, 0.2) is 0 Å². The molecular formula is C23H22ClNO2. The molecule has 1 atom stereocenters. The summed E-state index contributed by atoms with van der Waals surface area (Å²) in [6.45, 7) is 4.61. The molecule has 0 aliphatic rings. The second-order valence-corrected chi connectivity index (χ2v) is 7.36. The first-order valence-corrected chi connectivity index (χ1v) is 9.46. The van der Waals surface area contributed by atoms with Crippen molar-refractivity contribution in [3.05, 3.63) is 76.8 Å². The van der Waals surface area contributed by atoms with Crippen molar-refractivity contribution in [2.24, 2.45) is 0 Å². The molecule has 0 saturated heterocycles. The van der Waals surface area contributed by atoms with Crippen LogP contribution in [0.4, 0.5) is 0 Å². The molecule has 0 radical (unpaired) electrons. The highest BCUT2D eigenvalue weighted by molar-refractivity contribution is 6.32. The molecule has 0 amide bonds. The predicted octanol–water partition coefficient (Wildman–Crippen LogP) is 5.50. The molecule has 1 N–H and O–H groups in total. The van der Waals surface area contributed by atoms with Crippen LogP contribution in [0.25, 0.3) is 21.8 Å². The average molecular weight is 380 g/mol. The third-order valence-electron chi connectivity index (χ3n) is 4.93. The summed E-state index contributed by atoms with van der Waals surface area (Å²) in [7, 11) is 0. The zero-order valence-corrected chi connectivity index (χ0v) is 16.2. The Balaban J connectivity index is 1.57. The number of hydrogen-bond acceptors (Lipinski definition) is 2. The maximum atomic E-state index is 10.6. The second-order valence-electron chi connectivity index (χ2n) is 6.98. The first-order valence-electron chi connectivity index (χ1n) is 9.08. The summed E-state index contributed by atoms with van der Waals surface area (Å²) in [5.74, 6) is 0.732. The number of aliphatic hydroxyl groups is 1. The van der Waals surface area contributed by atoms with Gasteiger partial charge < -0.3 is 14.4 Å². The van der Waals surface area contributed by atoms with Gasteiger partial charge in [0.05, 0.1) is 6.54 Å². The molecule has 1 unspecified atom stereocenters. The summed E-state index contributed by atoms with van der Waals surface area (Å²) in [5.41, 5.74) is 4.19. The van der Waals surface area contributed by atoms with Crippen molar-refractivity contribution < 1.29 is 9.84 Å². The standard InChI is InChI=1S/C23H22ClNO2/c1-15-11-18(12-16(2)23(15)24)27-14-17(26)13-25-21-9-5-3-7-19(21)20-8-4-6-10-22(20)25/h3-12,17,26H,13-14H2,1-2H3. The Kier molecular flexibility index (Phi) is 4.81. The fourth-order valence-electron chi connectivity index (χ4n) is 3.65. The first-order chi connectivity index (χ1) is 13.0. The Labute approximate surface area is 163 Å². The van der Waals surface area contributed by atoms with Crippen molar-refractivity contribution in [1.82, 2.24) is 4.57 Å². The van der Waals surface area contributed by atoms with Crippen LogP contribution in [-0.4, -0.2) is 22.4 Å². The molecule has 138 valence electrons. The normalized spacial score (nSPS) is 12.6. The van der Waals surface area contributed by atoms with Crippen molar-refractivity contribution in [2.45, 2.75) is 26.5 Å². The van der Waals surface area contributed by atoms with E-state index in [-0.39, 0.29) is 6.61 Å². The number of ether oxygens (including phenoxy) is 1. The van der Waals surface area contributed by atoms with E-state index in [1.807, 2.05) is 50.2 Å². The Morgan fingerprint density at radius 2 is 1.44 bits per heavy atom. The van der Waals surface area contributed by atoms with E-state index < -0.39 is 6.10 Å². The minimum absolute atomic E-state index is 0.224. The number of nitrogens with zero attached hydrogens (tertiary/aromatic N) is 1. The summed E-state index contributed by atoms with van der Waals surface area (Å²) in [6, 6.07) is 20.4. The van der Waals surface area contributed by atoms with E-state index in [9.17, 15) is 5.11 Å². The summed E-state index contributed by atoms with van der Waals surface area (Å²) in [4.78, 5) is 0. The summed E-state index contributed by atoms with van der Waals surface area (Å²) >= 11 is 6.21. The zero-order valence-electron chi connectivity index (χ0n) is 15.4. The van der Waals surface area contributed by atoms with E-state index in [2.05, 4.69) is 28.8 Å². The molecule has 0 fully saturated rings. The van der Waals surface area contributed by atoms with Gasteiger partial charge in [0.25, 0.3) is 0 Å². The number of rotatable bonds is 5. The Morgan fingerprint density at radius 3 is 2.00 bits per heavy atom. The number of fused-ring (bicyclic) bond motifs is 3. The van der Waals surface area contributed by atoms with E-state index in [1.54, 1.807) is 0 Å². The van der Waals surface area contributed by atoms with Crippen molar-refractivity contribution >= 4 is 33.4 Å². The topological polar surface area (TPSA) is 34.4 Å². The van der Waals surface area contributed by atoms with Crippen molar-refractivity contribution in [3.8, 4) is 5.75 Å². The zero-order chi connectivity index (χ0) is 19.0. The van der Waals surface area contributed by atoms with Crippen molar-refractivity contribution in [3.63, 3.8) is 0 Å². The van der Waals surface area contributed by atoms with E-state index >= 15 is 0 Å². The van der Waals surface area contributed by atoms with Gasteiger partial charge in [-0.05, 0) is 49.2 Å². The molecule has 4 aromatic rings. The van der Waals surface area contributed by atoms with Crippen LogP contribution in [0.5, 0.6) is 5.75 Å². The summed E-state index contributed by atoms with van der Waals surface area (Å²) in [5, 5.41) is 13.8. The van der Waals surface area contributed by atoms with Gasteiger partial charge in [-0.15, -0.1) is 0 Å². The lowest BCUT2D eigenvalue weighted by Crippen LogP contribution is -2.23. The Hall–Kier alpha value is -2.49. The van der Waals surface area contributed by atoms with Crippen LogP contribution in [0.2, 0.25) is 5.02 Å². The number of aromatic nitrogens is 1. The number of halogens is 1. The number of aryl methyl sites for hydroxylation is 2. The van der Waals surface area contributed by atoms with Crippen LogP contribution in [0.15, 0.2) is 60.7 Å². The largest absolute Gasteiger partial charge is 0.491 e. The second kappa shape index (κ2) is 7.26. The highest BCUT2D eigenvalue weighted by Gasteiger charge is 2.14. The maximum absolute atomic E-state index is 10.6. The molecular weight excluding hydrogens is 358 g/mol. The van der Waals surface area contributed by atoms with Crippen LogP contribution in [0.1, 0.15) is 11.1 Å². The molecule has 0 saturated carbocycles. The maximum Gasteiger partial charge on any atom is 0.120 e. The third kappa shape index (κ3) is 3.41. The molecule has 3 aromatic carbocycles. The fraction of sp³-hybridized carbons (Fsp3) is 0.217. The fourth-order valence-corrected chi connectivity index (χ4v) is 3.75. The molecule has 0 bridgehead atoms. The van der Waals surface area contributed by atoms with Gasteiger partial charge in [-0.3, -0.25) is 0 Å². The number of benzene rings is 3. The van der Waals surface area contributed by atoms with E-state index in [0.29, 0.717) is 6.54 Å². The van der Waals surface area contributed by atoms with Gasteiger partial charge in [-0.2, -0.15) is 0 Å². The van der Waals surface area contributed by atoms with Crippen molar-refractivity contribution in [2.75, 3.05) is 6.61 Å². The highest BCUT2D eigenvalue weighted by atomic mass is 35.5. The van der Waals surface area contributed by atoms with Gasteiger partial charge >= 0.3 is 0 Å². The minimum atomic E-state index is -0.625. The monoisotopic (exact) mass is 379 g/mol. The van der Waals surface area contributed by atoms with Gasteiger partial charge in [-0.1, -0.05) is 48.0 Å². The van der Waals surface area contributed by atoms with Gasteiger partial charge in [0.2, 0.25) is 0 Å². The van der Waals surface area contributed by atoms with Crippen LogP contribution in [-0.2, 0) is 6.54 Å². The Morgan fingerprint density at radius 1 is 0.926 bits per heavy atom. The molecule has 4 heteroatoms. The minimum Gasteiger partial charge on any atom is -0.491 e. The molecule has 27 heavy (non-hydrogen) atoms. The average Bonchev–Trinajstić information content (AvgIpc) is 2.99. The van der Waals surface area contributed by atoms with E-state index in [0.717, 1.165) is 32.9 Å². The SMILES string of the molecule is Cc1cc(OCC(O)Cn2c3ccccc3c3ccccc32)cc(C)c1Cl. The molecule has 3 nitrogen and oxygen atoms in total. The number of hydrogen-bond donors (Lipinski definition) is 1. The lowest BCUT2D eigenvalue weighted by molar-refractivity contribution is 0.0944. The van der Waals surface area contributed by atoms with Gasteiger partial charge in [0, 0.05) is 26.8 Å². The first kappa shape index (κ1) is 17.9. The summed E-state index contributed by atoms with van der Waals surface area (Å²) < 4.78 is 8.00. The molecule has 0 aliphatic carbocycles. The lowest BCUT2D eigenvalue weighted by Gasteiger charge is -2.16. The number of aliphatic hydroxyl groups excluding tert-OH is 1. The van der Waals surface area contributed by atoms with E-state index in [4.69, 9.17) is 16.3 Å². The summed E-state index contributed by atoms with van der Waals surface area (Å²) in [6.07, 6.45) is -0.625. The van der Waals surface area contributed by atoms with Crippen LogP contribution < -0.4 is 4.74 Å². The highest BCUT2D eigenvalue weighted by Crippen LogP contribution is 2.29. The van der Waals surface area contributed by atoms with E-state index in [1.165, 1.54) is 10.8 Å². The Bertz CT molecular complexity index is 1040. The van der Waals surface area contributed by atoms with Gasteiger partial charge in [0.1, 0.15) is 18.5 Å². The molecule has 4 rings (SSSR count). The molecule has 0 aliphatic heterocycles. The quantitative estimate of drug-likeness (QED) is 0.496.